The Hall–Kier alpha value is -6.58. The van der Waals surface area contributed by atoms with Gasteiger partial charge in [0, 0.05) is 27.5 Å². The van der Waals surface area contributed by atoms with Crippen LogP contribution < -0.4 is 0 Å². The fourth-order valence-corrected chi connectivity index (χ4v) is 7.42. The molecule has 0 aliphatic carbocycles. The van der Waals surface area contributed by atoms with E-state index in [4.69, 9.17) is 14.4 Å². The van der Waals surface area contributed by atoms with Gasteiger partial charge in [-0.1, -0.05) is 146 Å². The Morgan fingerprint density at radius 3 is 1.86 bits per heavy atom. The molecule has 0 aliphatic heterocycles. The first-order valence-electron chi connectivity index (χ1n) is 16.6. The van der Waals surface area contributed by atoms with E-state index in [2.05, 4.69) is 140 Å². The van der Waals surface area contributed by atoms with E-state index < -0.39 is 0 Å². The van der Waals surface area contributed by atoms with E-state index >= 15 is 0 Å². The molecule has 2 aromatic heterocycles. The zero-order valence-corrected chi connectivity index (χ0v) is 26.5. The first-order chi connectivity index (χ1) is 24.3. The quantitative estimate of drug-likeness (QED) is 0.144. The first kappa shape index (κ1) is 27.5. The van der Waals surface area contributed by atoms with Gasteiger partial charge in [0.15, 0.2) is 5.82 Å². The summed E-state index contributed by atoms with van der Waals surface area (Å²) in [7, 11) is 0. The van der Waals surface area contributed by atoms with E-state index in [-0.39, 0.29) is 0 Å². The van der Waals surface area contributed by atoms with Crippen molar-refractivity contribution >= 4 is 54.3 Å². The summed E-state index contributed by atoms with van der Waals surface area (Å²) >= 11 is 0. The van der Waals surface area contributed by atoms with Gasteiger partial charge in [0.25, 0.3) is 0 Å². The molecule has 0 radical (unpaired) electrons. The van der Waals surface area contributed by atoms with Crippen molar-refractivity contribution in [1.82, 2.24) is 9.97 Å². The highest BCUT2D eigenvalue weighted by molar-refractivity contribution is 6.21. The van der Waals surface area contributed by atoms with Crippen LogP contribution >= 0.6 is 0 Å². The van der Waals surface area contributed by atoms with Crippen LogP contribution in [0.5, 0.6) is 0 Å². The molecular weight excluding hydrogens is 597 g/mol. The molecule has 0 N–H and O–H groups in total. The van der Waals surface area contributed by atoms with Crippen molar-refractivity contribution in [2.24, 2.45) is 0 Å². The van der Waals surface area contributed by atoms with Crippen LogP contribution in [0.15, 0.2) is 174 Å². The largest absolute Gasteiger partial charge is 0.455 e. The molecule has 8 aromatic carbocycles. The monoisotopic (exact) mass is 624 g/mol. The Kier molecular flexibility index (Phi) is 6.18. The van der Waals surface area contributed by atoms with Crippen molar-refractivity contribution in [3.05, 3.63) is 170 Å². The first-order valence-corrected chi connectivity index (χ1v) is 16.6. The van der Waals surface area contributed by atoms with Crippen LogP contribution in [-0.4, -0.2) is 9.97 Å². The molecule has 49 heavy (non-hydrogen) atoms. The fourth-order valence-electron chi connectivity index (χ4n) is 7.42. The standard InChI is InChI=1S/C46H28N2O/c1-2-14-30(15-3-1)46-47-41(28-42(48-46)39-23-12-22-38-35-20-10-11-24-43(35)49-45(38)39)34-19-8-9-21-36(34)44-33-18-7-5-16-31(33)27-40-32-17-6-4-13-29(32)25-26-37(40)44/h1-28H. The van der Waals surface area contributed by atoms with E-state index in [1.165, 1.54) is 37.9 Å². The number of hydrogen-bond acceptors (Lipinski definition) is 3. The van der Waals surface area contributed by atoms with Crippen LogP contribution in [-0.2, 0) is 0 Å². The Labute approximate surface area is 282 Å². The van der Waals surface area contributed by atoms with Crippen LogP contribution in [0, 0.1) is 0 Å². The van der Waals surface area contributed by atoms with Gasteiger partial charge in [-0.25, -0.2) is 9.97 Å². The van der Waals surface area contributed by atoms with Gasteiger partial charge < -0.3 is 4.42 Å². The highest BCUT2D eigenvalue weighted by Gasteiger charge is 2.20. The molecule has 10 rings (SSSR count). The summed E-state index contributed by atoms with van der Waals surface area (Å²) in [6.45, 7) is 0. The van der Waals surface area contributed by atoms with Crippen LogP contribution in [0.3, 0.4) is 0 Å². The number of furan rings is 1. The second-order valence-corrected chi connectivity index (χ2v) is 12.5. The van der Waals surface area contributed by atoms with Gasteiger partial charge in [-0.15, -0.1) is 0 Å². The molecule has 10 aromatic rings. The van der Waals surface area contributed by atoms with Gasteiger partial charge >= 0.3 is 0 Å². The third kappa shape index (κ3) is 4.44. The van der Waals surface area contributed by atoms with Crippen LogP contribution in [0.1, 0.15) is 0 Å². The third-order valence-corrected chi connectivity index (χ3v) is 9.68. The molecule has 0 aliphatic rings. The summed E-state index contributed by atoms with van der Waals surface area (Å²) in [6, 6.07) is 59.7. The summed E-state index contributed by atoms with van der Waals surface area (Å²) in [5.74, 6) is 0.671. The average molecular weight is 625 g/mol. The summed E-state index contributed by atoms with van der Waals surface area (Å²) in [5.41, 5.74) is 8.64. The van der Waals surface area contributed by atoms with Gasteiger partial charge in [0.05, 0.1) is 11.4 Å². The minimum Gasteiger partial charge on any atom is -0.455 e. The van der Waals surface area contributed by atoms with Crippen molar-refractivity contribution in [1.29, 1.82) is 0 Å². The van der Waals surface area contributed by atoms with Crippen LogP contribution in [0.2, 0.25) is 0 Å². The van der Waals surface area contributed by atoms with Crippen LogP contribution in [0.25, 0.3) is 99.3 Å². The Morgan fingerprint density at radius 1 is 0.367 bits per heavy atom. The molecule has 0 saturated heterocycles. The van der Waals surface area contributed by atoms with Gasteiger partial charge in [-0.3, -0.25) is 0 Å². The van der Waals surface area contributed by atoms with Gasteiger partial charge in [0.2, 0.25) is 0 Å². The average Bonchev–Trinajstić information content (AvgIpc) is 3.56. The number of benzene rings is 8. The van der Waals surface area contributed by atoms with Gasteiger partial charge in [-0.05, 0) is 67.7 Å². The molecular formula is C46H28N2O. The molecule has 0 spiro atoms. The minimum absolute atomic E-state index is 0.671. The SMILES string of the molecule is c1ccc(-c2nc(-c3ccccc3-c3c4ccccc4cc4c3ccc3ccccc34)cc(-c3cccc4c3oc3ccccc34)n2)cc1. The molecule has 3 nitrogen and oxygen atoms in total. The maximum absolute atomic E-state index is 6.49. The van der Waals surface area contributed by atoms with Crippen molar-refractivity contribution in [3.8, 4) is 45.0 Å². The normalized spacial score (nSPS) is 11.7. The lowest BCUT2D eigenvalue weighted by Crippen LogP contribution is -1.97. The molecule has 228 valence electrons. The van der Waals surface area contributed by atoms with E-state index in [0.717, 1.165) is 55.6 Å². The number of hydrogen-bond donors (Lipinski definition) is 0. The molecule has 0 atom stereocenters. The number of fused-ring (bicyclic) bond motifs is 7. The highest BCUT2D eigenvalue weighted by Crippen LogP contribution is 2.44. The second kappa shape index (κ2) is 11.0. The lowest BCUT2D eigenvalue weighted by molar-refractivity contribution is 0.670. The van der Waals surface area contributed by atoms with E-state index in [1.54, 1.807) is 0 Å². The van der Waals surface area contributed by atoms with Gasteiger partial charge in [0.1, 0.15) is 11.2 Å². The zero-order chi connectivity index (χ0) is 32.3. The molecule has 3 heteroatoms. The molecule has 0 saturated carbocycles. The Bertz CT molecular complexity index is 2890. The molecule has 0 fully saturated rings. The van der Waals surface area contributed by atoms with E-state index in [1.807, 2.05) is 30.3 Å². The number of rotatable bonds is 4. The topological polar surface area (TPSA) is 38.9 Å². The molecule has 0 bridgehead atoms. The van der Waals surface area contributed by atoms with Gasteiger partial charge in [-0.2, -0.15) is 0 Å². The predicted molar refractivity (Wildman–Crippen MR) is 204 cm³/mol. The van der Waals surface area contributed by atoms with Crippen molar-refractivity contribution in [3.63, 3.8) is 0 Å². The van der Waals surface area contributed by atoms with Crippen molar-refractivity contribution in [2.75, 3.05) is 0 Å². The minimum atomic E-state index is 0.671. The lowest BCUT2D eigenvalue weighted by Gasteiger charge is -2.17. The summed E-state index contributed by atoms with van der Waals surface area (Å²) in [4.78, 5) is 10.5. The van der Waals surface area contributed by atoms with E-state index in [9.17, 15) is 0 Å². The molecule has 0 unspecified atom stereocenters. The number of nitrogens with zero attached hydrogens (tertiary/aromatic N) is 2. The fraction of sp³-hybridized carbons (Fsp3) is 0. The van der Waals surface area contributed by atoms with Crippen molar-refractivity contribution in [2.45, 2.75) is 0 Å². The molecule has 2 heterocycles. The summed E-state index contributed by atoms with van der Waals surface area (Å²) in [5, 5.41) is 9.53. The number of aromatic nitrogens is 2. The maximum Gasteiger partial charge on any atom is 0.160 e. The predicted octanol–water partition coefficient (Wildman–Crippen LogP) is 12.5. The Morgan fingerprint density at radius 2 is 1.00 bits per heavy atom. The molecule has 0 amide bonds. The summed E-state index contributed by atoms with van der Waals surface area (Å²) in [6.07, 6.45) is 0. The lowest BCUT2D eigenvalue weighted by atomic mass is 9.87. The van der Waals surface area contributed by atoms with E-state index in [0.29, 0.717) is 5.82 Å². The number of para-hydroxylation sites is 2. The second-order valence-electron chi connectivity index (χ2n) is 12.5. The third-order valence-electron chi connectivity index (χ3n) is 9.68. The van der Waals surface area contributed by atoms with Crippen LogP contribution in [0.4, 0.5) is 0 Å². The summed E-state index contributed by atoms with van der Waals surface area (Å²) < 4.78 is 6.49. The zero-order valence-electron chi connectivity index (χ0n) is 26.5. The smallest absolute Gasteiger partial charge is 0.160 e. The Balaban J connectivity index is 1.27. The maximum atomic E-state index is 6.49. The van der Waals surface area contributed by atoms with Crippen molar-refractivity contribution < 1.29 is 4.42 Å². The highest BCUT2D eigenvalue weighted by atomic mass is 16.3.